The lowest BCUT2D eigenvalue weighted by molar-refractivity contribution is -0.227. The van der Waals surface area contributed by atoms with Crippen LogP contribution in [0.5, 0.6) is 0 Å². The molecule has 3 amide bonds. The van der Waals surface area contributed by atoms with Gasteiger partial charge in [0.25, 0.3) is 0 Å². The van der Waals surface area contributed by atoms with Crippen molar-refractivity contribution in [3.05, 3.63) is 12.7 Å². The topological polar surface area (TPSA) is 195 Å². The molecule has 14 heteroatoms. The lowest BCUT2D eigenvalue weighted by Crippen LogP contribution is -2.63. The van der Waals surface area contributed by atoms with Gasteiger partial charge >= 0.3 is 6.03 Å². The Morgan fingerprint density at radius 2 is 1.31 bits per heavy atom. The molecule has 0 heterocycles. The molecule has 67 heavy (non-hydrogen) atoms. The molecule has 4 fully saturated rings. The van der Waals surface area contributed by atoms with E-state index in [0.29, 0.717) is 121 Å². The Morgan fingerprint density at radius 1 is 0.701 bits per heavy atom. The molecule has 0 aromatic heterocycles. The van der Waals surface area contributed by atoms with Crippen LogP contribution in [0.1, 0.15) is 143 Å². The summed E-state index contributed by atoms with van der Waals surface area (Å²) in [6.45, 7) is 22.6. The predicted octanol–water partition coefficient (Wildman–Crippen LogP) is 7.21. The van der Waals surface area contributed by atoms with Gasteiger partial charge in [-0.05, 0) is 150 Å². The van der Waals surface area contributed by atoms with E-state index < -0.39 is 0 Å². The molecular formula is C53H100N6O8. The van der Waals surface area contributed by atoms with E-state index in [9.17, 15) is 9.59 Å². The van der Waals surface area contributed by atoms with Crippen molar-refractivity contribution < 1.29 is 38.0 Å². The highest BCUT2D eigenvalue weighted by Gasteiger charge is 2.66. The number of rotatable bonds is 37. The van der Waals surface area contributed by atoms with E-state index in [1.807, 2.05) is 0 Å². The van der Waals surface area contributed by atoms with Gasteiger partial charge in [-0.15, -0.1) is 0 Å². The Hall–Kier alpha value is -1.88. The smallest absolute Gasteiger partial charge is 0.317 e. The van der Waals surface area contributed by atoms with Crippen molar-refractivity contribution in [2.75, 3.05) is 105 Å². The third kappa shape index (κ3) is 17.7. The largest absolute Gasteiger partial charge is 0.378 e. The van der Waals surface area contributed by atoms with Crippen LogP contribution in [0.4, 0.5) is 4.79 Å². The second kappa shape index (κ2) is 32.2. The Kier molecular flexibility index (Phi) is 27.7. The van der Waals surface area contributed by atoms with Crippen molar-refractivity contribution in [3.63, 3.8) is 0 Å². The normalized spacial score (nSPS) is 29.4. The maximum absolute atomic E-state index is 13.7. The summed E-state index contributed by atoms with van der Waals surface area (Å²) >= 11 is 0. The second-order valence-corrected chi connectivity index (χ2v) is 20.9. The van der Waals surface area contributed by atoms with Crippen LogP contribution >= 0.6 is 0 Å². The third-order valence-electron chi connectivity index (χ3n) is 16.6. The van der Waals surface area contributed by atoms with E-state index in [0.717, 1.165) is 96.9 Å². The first kappa shape index (κ1) is 57.7. The number of amides is 3. The fourth-order valence-corrected chi connectivity index (χ4v) is 13.0. The van der Waals surface area contributed by atoms with Crippen LogP contribution in [0.2, 0.25) is 0 Å². The number of nitrogens with zero attached hydrogens (tertiary/aromatic N) is 1. The van der Waals surface area contributed by atoms with E-state index in [4.69, 9.17) is 45.6 Å². The maximum atomic E-state index is 13.7. The summed E-state index contributed by atoms with van der Waals surface area (Å²) in [7, 11) is 0. The zero-order valence-electron chi connectivity index (χ0n) is 43.0. The van der Waals surface area contributed by atoms with Crippen molar-refractivity contribution in [1.29, 1.82) is 0 Å². The molecule has 2 unspecified atom stereocenters. The molecule has 0 aliphatic heterocycles. The molecule has 0 radical (unpaired) electrons. The number of nitrogens with two attached hydrogens (primary N) is 3. The van der Waals surface area contributed by atoms with Gasteiger partial charge in [0.2, 0.25) is 5.91 Å². The van der Waals surface area contributed by atoms with Gasteiger partial charge in [-0.1, -0.05) is 66.4 Å². The molecule has 0 bridgehead atoms. The minimum absolute atomic E-state index is 0.00278. The Bertz CT molecular complexity index is 1370. The van der Waals surface area contributed by atoms with Gasteiger partial charge < -0.3 is 61.2 Å². The summed E-state index contributed by atoms with van der Waals surface area (Å²) in [6, 6.07) is 0.00278. The van der Waals surface area contributed by atoms with E-state index in [1.54, 1.807) is 0 Å². The number of fused-ring (bicyclic) bond motifs is 5. The molecule has 8 N–H and O–H groups in total. The molecule has 4 saturated carbocycles. The SMILES string of the molecule is C=CC(=O)NCCOCCOCCOCCNC(=O)N(CCCCCCCC)CCC[C@@H](C)[C@H]1CC[C@H]2C3[C@H](OCCCN)CC4C[C@H](OCCCN)CC[C@]4(C)[C@H]3C[C@H](OCCCN)[C@]12C. The number of hydrogen-bond donors (Lipinski definition) is 5. The van der Waals surface area contributed by atoms with Crippen LogP contribution in [0.15, 0.2) is 12.7 Å². The van der Waals surface area contributed by atoms with E-state index in [1.165, 1.54) is 51.0 Å². The zero-order valence-corrected chi connectivity index (χ0v) is 43.0. The fraction of sp³-hybridized carbons (Fsp3) is 0.925. The van der Waals surface area contributed by atoms with Gasteiger partial charge in [0, 0.05) is 51.4 Å². The Balaban J connectivity index is 1.35. The molecule has 0 spiro atoms. The molecular weight excluding hydrogens is 849 g/mol. The Labute approximate surface area is 407 Å². The van der Waals surface area contributed by atoms with E-state index in [2.05, 4.69) is 49.8 Å². The minimum atomic E-state index is -0.210. The second-order valence-electron chi connectivity index (χ2n) is 20.9. The van der Waals surface area contributed by atoms with Crippen LogP contribution in [0.25, 0.3) is 0 Å². The van der Waals surface area contributed by atoms with Crippen molar-refractivity contribution in [2.24, 2.45) is 63.5 Å². The van der Waals surface area contributed by atoms with Gasteiger partial charge in [-0.3, -0.25) is 4.79 Å². The lowest BCUT2D eigenvalue weighted by atomic mass is 9.43. The summed E-state index contributed by atoms with van der Waals surface area (Å²) in [6.07, 6.45) is 21.9. The standard InChI is InChI=1S/C53H100N6O8/c1-6-8-9-10-11-12-27-59(51(61)58-26-33-63-35-37-64-36-34-62-32-25-57-49(60)7-2)28-13-17-41(3)44-18-19-45-50-46(40-48(53(44,45)5)67-31-16-24-56)52(4)21-20-43(65-29-14-22-54)38-42(52)39-47(50)66-30-15-23-55/h7,41-48,50H,2,6,8-40,54-56H2,1,3-5H3,(H,57,60)(H,58,61)/t41-,42?,43-,44-,45+,46+,47-,48+,50?,52+,53-/m1/s1. The van der Waals surface area contributed by atoms with Gasteiger partial charge in [0.15, 0.2) is 0 Å². The third-order valence-corrected chi connectivity index (χ3v) is 16.6. The molecule has 4 aliphatic rings. The highest BCUT2D eigenvalue weighted by molar-refractivity contribution is 5.86. The van der Waals surface area contributed by atoms with Gasteiger partial charge in [0.1, 0.15) is 0 Å². The monoisotopic (exact) mass is 949 g/mol. The maximum Gasteiger partial charge on any atom is 0.317 e. The highest BCUT2D eigenvalue weighted by atomic mass is 16.5. The molecule has 0 aromatic carbocycles. The van der Waals surface area contributed by atoms with Crippen LogP contribution in [0, 0.1) is 46.3 Å². The molecule has 14 nitrogen and oxygen atoms in total. The van der Waals surface area contributed by atoms with Crippen LogP contribution in [-0.2, 0) is 33.2 Å². The molecule has 4 aliphatic carbocycles. The lowest BCUT2D eigenvalue weighted by Gasteiger charge is -2.65. The molecule has 0 aromatic rings. The zero-order chi connectivity index (χ0) is 48.3. The number of carbonyl (C=O) groups is 2. The summed E-state index contributed by atoms with van der Waals surface area (Å²) < 4.78 is 37.4. The number of nitrogens with one attached hydrogen (secondary N) is 2. The first-order chi connectivity index (χ1) is 32.6. The molecule has 11 atom stereocenters. The number of ether oxygens (including phenoxy) is 6. The predicted molar refractivity (Wildman–Crippen MR) is 269 cm³/mol. The quantitative estimate of drug-likeness (QED) is 0.0312. The summed E-state index contributed by atoms with van der Waals surface area (Å²) in [5.41, 5.74) is 18.2. The number of carbonyl (C=O) groups excluding carboxylic acids is 2. The Morgan fingerprint density at radius 3 is 1.99 bits per heavy atom. The minimum Gasteiger partial charge on any atom is -0.378 e. The van der Waals surface area contributed by atoms with Crippen molar-refractivity contribution in [1.82, 2.24) is 15.5 Å². The summed E-state index contributed by atoms with van der Waals surface area (Å²) in [5, 5.41) is 5.82. The molecule has 0 saturated heterocycles. The number of hydrogen-bond acceptors (Lipinski definition) is 11. The van der Waals surface area contributed by atoms with Gasteiger partial charge in [-0.25, -0.2) is 4.79 Å². The van der Waals surface area contributed by atoms with Gasteiger partial charge in [0.05, 0.1) is 58.0 Å². The van der Waals surface area contributed by atoms with E-state index >= 15 is 0 Å². The highest BCUT2D eigenvalue weighted by Crippen LogP contribution is 2.69. The molecule has 4 rings (SSSR count). The summed E-state index contributed by atoms with van der Waals surface area (Å²) in [4.78, 5) is 26.9. The summed E-state index contributed by atoms with van der Waals surface area (Å²) in [5.74, 6) is 2.98. The average Bonchev–Trinajstić information content (AvgIpc) is 3.69. The van der Waals surface area contributed by atoms with Gasteiger partial charge in [-0.2, -0.15) is 0 Å². The average molecular weight is 949 g/mol. The van der Waals surface area contributed by atoms with Crippen molar-refractivity contribution in [3.8, 4) is 0 Å². The first-order valence-corrected chi connectivity index (χ1v) is 27.2. The van der Waals surface area contributed by atoms with E-state index in [-0.39, 0.29) is 35.0 Å². The van der Waals surface area contributed by atoms with Crippen molar-refractivity contribution >= 4 is 11.9 Å². The van der Waals surface area contributed by atoms with Crippen LogP contribution in [-0.4, -0.2) is 140 Å². The van der Waals surface area contributed by atoms with Crippen molar-refractivity contribution in [2.45, 2.75) is 162 Å². The first-order valence-electron chi connectivity index (χ1n) is 27.2. The number of unbranched alkanes of at least 4 members (excludes halogenated alkanes) is 5. The number of urea groups is 1. The van der Waals surface area contributed by atoms with Crippen LogP contribution < -0.4 is 27.8 Å². The molecule has 390 valence electrons. The van der Waals surface area contributed by atoms with Crippen LogP contribution in [0.3, 0.4) is 0 Å². The fourth-order valence-electron chi connectivity index (χ4n) is 13.0.